The van der Waals surface area contributed by atoms with Gasteiger partial charge in [0.25, 0.3) is 0 Å². The Kier molecular flexibility index (Phi) is 5.92. The van der Waals surface area contributed by atoms with Gasteiger partial charge in [0, 0.05) is 0 Å². The van der Waals surface area contributed by atoms with Crippen LogP contribution in [-0.2, 0) is 0 Å². The summed E-state index contributed by atoms with van der Waals surface area (Å²) in [5.74, 6) is 2.24. The van der Waals surface area contributed by atoms with E-state index in [4.69, 9.17) is 5.73 Å². The molecule has 0 aromatic rings. The summed E-state index contributed by atoms with van der Waals surface area (Å²) in [5.41, 5.74) is 5.22. The van der Waals surface area contributed by atoms with Gasteiger partial charge in [0.2, 0.25) is 0 Å². The van der Waals surface area contributed by atoms with Gasteiger partial charge in [0.15, 0.2) is 0 Å². The molecule has 0 bridgehead atoms. The summed E-state index contributed by atoms with van der Waals surface area (Å²) in [4.78, 5) is 0. The van der Waals surface area contributed by atoms with Crippen molar-refractivity contribution in [3.05, 3.63) is 0 Å². The molecule has 0 aliphatic rings. The fraction of sp³-hybridized carbons (Fsp3) is 1.00. The zero-order valence-corrected chi connectivity index (χ0v) is 5.82. The number of hydrogen-bond donors (Lipinski definition) is 1. The summed E-state index contributed by atoms with van der Waals surface area (Å²) in [5, 5.41) is 1.35. The third-order valence-corrected chi connectivity index (χ3v) is 2.01. The molecule has 0 rings (SSSR count). The molecule has 0 aliphatic heterocycles. The molecule has 0 radical (unpaired) electrons. The molecule has 0 amide bonds. The van der Waals surface area contributed by atoms with E-state index in [0.717, 1.165) is 21.5 Å². The molecule has 6 heavy (non-hydrogen) atoms. The van der Waals surface area contributed by atoms with E-state index in [9.17, 15) is 0 Å². The molecule has 38 valence electrons. The monoisotopic (exact) mass is 153 g/mol. The average molecular weight is 152 g/mol. The van der Waals surface area contributed by atoms with Crippen LogP contribution < -0.4 is 5.73 Å². The first-order chi connectivity index (χ1) is 2.91. The Balaban J connectivity index is 2.34. The van der Waals surface area contributed by atoms with E-state index in [1.54, 1.807) is 0 Å². The van der Waals surface area contributed by atoms with Crippen LogP contribution in [0.4, 0.5) is 0 Å². The molecule has 2 heteroatoms. The van der Waals surface area contributed by atoms with Crippen LogP contribution >= 0.6 is 0 Å². The van der Waals surface area contributed by atoms with E-state index in [1.807, 2.05) is 0 Å². The van der Waals surface area contributed by atoms with Crippen molar-refractivity contribution in [3.8, 4) is 0 Å². The molecular weight excluding hydrogens is 141 g/mol. The number of rotatable bonds is 3. The van der Waals surface area contributed by atoms with Gasteiger partial charge in [0.05, 0.1) is 0 Å². The molecule has 0 aromatic heterocycles. The van der Waals surface area contributed by atoms with Gasteiger partial charge in [-0.05, 0) is 0 Å². The normalized spacial score (nSPS) is 9.00. The standard InChI is InChI=1S/C4H11NSe/c1-6-4-2-3-5/h2-5H2,1H3. The van der Waals surface area contributed by atoms with E-state index < -0.39 is 0 Å². The van der Waals surface area contributed by atoms with Gasteiger partial charge < -0.3 is 0 Å². The molecule has 2 N–H and O–H groups in total. The molecule has 0 fully saturated rings. The summed E-state index contributed by atoms with van der Waals surface area (Å²) >= 11 is 0.847. The summed E-state index contributed by atoms with van der Waals surface area (Å²) in [6.07, 6.45) is 1.22. The Hall–Kier alpha value is 0.479. The van der Waals surface area contributed by atoms with Crippen LogP contribution in [0.25, 0.3) is 0 Å². The van der Waals surface area contributed by atoms with Crippen LogP contribution in [0.15, 0.2) is 0 Å². The van der Waals surface area contributed by atoms with Crippen molar-refractivity contribution in [2.45, 2.75) is 17.6 Å². The third-order valence-electron chi connectivity index (χ3n) is 0.553. The first-order valence-electron chi connectivity index (χ1n) is 2.11. The Morgan fingerprint density at radius 3 is 2.50 bits per heavy atom. The Morgan fingerprint density at radius 2 is 2.33 bits per heavy atom. The average Bonchev–Trinajstić information content (AvgIpc) is 1.61. The topological polar surface area (TPSA) is 26.0 Å². The molecule has 0 heterocycles. The van der Waals surface area contributed by atoms with Gasteiger partial charge in [-0.3, -0.25) is 0 Å². The predicted octanol–water partition coefficient (Wildman–Crippen LogP) is 0.506. The molecule has 0 aliphatic carbocycles. The van der Waals surface area contributed by atoms with Gasteiger partial charge in [-0.1, -0.05) is 0 Å². The molecule has 0 unspecified atom stereocenters. The van der Waals surface area contributed by atoms with Gasteiger partial charge in [0.1, 0.15) is 0 Å². The number of nitrogens with two attached hydrogens (primary N) is 1. The molecule has 0 atom stereocenters. The van der Waals surface area contributed by atoms with Crippen LogP contribution in [0, 0.1) is 0 Å². The summed E-state index contributed by atoms with van der Waals surface area (Å²) in [6, 6.07) is 0. The summed E-state index contributed by atoms with van der Waals surface area (Å²) in [7, 11) is 0. The summed E-state index contributed by atoms with van der Waals surface area (Å²) < 4.78 is 0. The van der Waals surface area contributed by atoms with Crippen molar-refractivity contribution in [2.24, 2.45) is 5.73 Å². The first kappa shape index (κ1) is 6.48. The molecule has 0 saturated heterocycles. The molecule has 0 saturated carbocycles. The summed E-state index contributed by atoms with van der Waals surface area (Å²) in [6.45, 7) is 0.871. The van der Waals surface area contributed by atoms with E-state index in [1.165, 1.54) is 11.7 Å². The second kappa shape index (κ2) is 5.48. The van der Waals surface area contributed by atoms with Crippen LogP contribution in [0.1, 0.15) is 6.42 Å². The van der Waals surface area contributed by atoms with E-state index in [2.05, 4.69) is 5.82 Å². The molecular formula is C4H11NSe. The fourth-order valence-electron chi connectivity index (χ4n) is 0.228. The van der Waals surface area contributed by atoms with Crippen LogP contribution in [0.3, 0.4) is 0 Å². The van der Waals surface area contributed by atoms with Crippen LogP contribution in [-0.4, -0.2) is 21.5 Å². The van der Waals surface area contributed by atoms with Crippen molar-refractivity contribution < 1.29 is 0 Å². The van der Waals surface area contributed by atoms with Crippen molar-refractivity contribution in [2.75, 3.05) is 6.54 Å². The molecule has 0 spiro atoms. The predicted molar refractivity (Wildman–Crippen MR) is 30.1 cm³/mol. The zero-order chi connectivity index (χ0) is 4.83. The van der Waals surface area contributed by atoms with Gasteiger partial charge in [-0.15, -0.1) is 0 Å². The van der Waals surface area contributed by atoms with Crippen LogP contribution in [0.5, 0.6) is 0 Å². The van der Waals surface area contributed by atoms with E-state index >= 15 is 0 Å². The fourth-order valence-corrected chi connectivity index (χ4v) is 1.18. The van der Waals surface area contributed by atoms with Gasteiger partial charge in [-0.2, -0.15) is 0 Å². The SMILES string of the molecule is C[Se]CCCN. The Bertz CT molecular complexity index is 19.5. The van der Waals surface area contributed by atoms with Crippen molar-refractivity contribution in [1.29, 1.82) is 0 Å². The third kappa shape index (κ3) is 4.48. The van der Waals surface area contributed by atoms with E-state index in [-0.39, 0.29) is 0 Å². The Labute approximate surface area is 45.5 Å². The minimum atomic E-state index is 0.847. The number of hydrogen-bond acceptors (Lipinski definition) is 1. The minimum absolute atomic E-state index is 0.847. The van der Waals surface area contributed by atoms with E-state index in [0.29, 0.717) is 0 Å². The Morgan fingerprint density at radius 1 is 1.67 bits per heavy atom. The molecule has 0 aromatic carbocycles. The molecule has 1 nitrogen and oxygen atoms in total. The second-order valence-electron chi connectivity index (χ2n) is 1.14. The second-order valence-corrected chi connectivity index (χ2v) is 3.20. The van der Waals surface area contributed by atoms with Crippen molar-refractivity contribution >= 4 is 15.0 Å². The van der Waals surface area contributed by atoms with Crippen molar-refractivity contribution in [3.63, 3.8) is 0 Å². The maximum atomic E-state index is 5.22. The van der Waals surface area contributed by atoms with Gasteiger partial charge >= 0.3 is 44.8 Å². The first-order valence-corrected chi connectivity index (χ1v) is 5.03. The maximum absolute atomic E-state index is 5.22. The van der Waals surface area contributed by atoms with Crippen molar-refractivity contribution in [1.82, 2.24) is 0 Å². The van der Waals surface area contributed by atoms with Crippen LogP contribution in [0.2, 0.25) is 11.1 Å². The zero-order valence-electron chi connectivity index (χ0n) is 4.11. The van der Waals surface area contributed by atoms with Gasteiger partial charge in [-0.25, -0.2) is 0 Å². The quantitative estimate of drug-likeness (QED) is 0.462.